The number of aromatic amines is 1. The molecule has 0 bridgehead atoms. The number of benzene rings is 3. The van der Waals surface area contributed by atoms with E-state index in [-0.39, 0.29) is 5.91 Å². The van der Waals surface area contributed by atoms with Crippen LogP contribution in [-0.2, 0) is 4.79 Å². The molecular weight excluding hydrogens is 370 g/mol. The van der Waals surface area contributed by atoms with Crippen molar-refractivity contribution in [1.82, 2.24) is 9.97 Å². The van der Waals surface area contributed by atoms with Gasteiger partial charge in [-0.05, 0) is 53.8 Å². The van der Waals surface area contributed by atoms with E-state index in [0.29, 0.717) is 5.92 Å². The number of imidazole rings is 1. The molecule has 0 saturated heterocycles. The summed E-state index contributed by atoms with van der Waals surface area (Å²) in [5.74, 6) is 1.12. The number of carbonyl (C=O) groups is 1. The predicted octanol–water partition coefficient (Wildman–Crippen LogP) is 6.31. The summed E-state index contributed by atoms with van der Waals surface area (Å²) in [5.41, 5.74) is 6.91. The number of nitrogens with zero attached hydrogens (tertiary/aromatic N) is 1. The van der Waals surface area contributed by atoms with Crippen LogP contribution in [0.1, 0.15) is 36.5 Å². The van der Waals surface area contributed by atoms with E-state index in [0.717, 1.165) is 39.2 Å². The molecule has 0 aliphatic heterocycles. The highest BCUT2D eigenvalue weighted by Crippen LogP contribution is 2.25. The molecule has 1 heterocycles. The van der Waals surface area contributed by atoms with Crippen molar-refractivity contribution in [3.8, 4) is 11.4 Å². The molecule has 1 amide bonds. The highest BCUT2D eigenvalue weighted by Gasteiger charge is 2.09. The van der Waals surface area contributed by atoms with Crippen molar-refractivity contribution in [1.29, 1.82) is 0 Å². The average Bonchev–Trinajstić information content (AvgIpc) is 3.18. The molecule has 4 nitrogen and oxygen atoms in total. The van der Waals surface area contributed by atoms with E-state index in [1.807, 2.05) is 67.6 Å². The maximum absolute atomic E-state index is 12.5. The normalized spacial score (nSPS) is 11.5. The summed E-state index contributed by atoms with van der Waals surface area (Å²) in [5, 5.41) is 2.99. The van der Waals surface area contributed by atoms with Gasteiger partial charge >= 0.3 is 0 Å². The van der Waals surface area contributed by atoms with Gasteiger partial charge in [0.05, 0.1) is 11.0 Å². The predicted molar refractivity (Wildman–Crippen MR) is 124 cm³/mol. The summed E-state index contributed by atoms with van der Waals surface area (Å²) in [4.78, 5) is 20.5. The summed E-state index contributed by atoms with van der Waals surface area (Å²) < 4.78 is 0. The maximum atomic E-state index is 12.5. The van der Waals surface area contributed by atoms with Crippen LogP contribution in [0.4, 0.5) is 5.69 Å². The molecule has 0 unspecified atom stereocenters. The van der Waals surface area contributed by atoms with Gasteiger partial charge < -0.3 is 10.3 Å². The van der Waals surface area contributed by atoms with Gasteiger partial charge in [0.2, 0.25) is 5.91 Å². The van der Waals surface area contributed by atoms with Crippen LogP contribution >= 0.6 is 0 Å². The molecular formula is C26H25N3O. The number of aromatic nitrogens is 2. The van der Waals surface area contributed by atoms with Gasteiger partial charge in [-0.1, -0.05) is 62.4 Å². The van der Waals surface area contributed by atoms with Crippen LogP contribution < -0.4 is 5.32 Å². The van der Waals surface area contributed by atoms with Crippen molar-refractivity contribution in [2.45, 2.75) is 26.7 Å². The highest BCUT2D eigenvalue weighted by molar-refractivity contribution is 6.02. The van der Waals surface area contributed by atoms with Crippen molar-refractivity contribution in [3.63, 3.8) is 0 Å². The van der Waals surface area contributed by atoms with Gasteiger partial charge in [0.15, 0.2) is 0 Å². The fourth-order valence-corrected chi connectivity index (χ4v) is 3.33. The zero-order valence-corrected chi connectivity index (χ0v) is 17.4. The highest BCUT2D eigenvalue weighted by atomic mass is 16.1. The number of carbonyl (C=O) groups excluding carboxylic acids is 1. The van der Waals surface area contributed by atoms with Gasteiger partial charge in [-0.25, -0.2) is 4.98 Å². The quantitative estimate of drug-likeness (QED) is 0.389. The fraction of sp³-hybridized carbons (Fsp3) is 0.154. The Morgan fingerprint density at radius 3 is 2.53 bits per heavy atom. The third-order valence-electron chi connectivity index (χ3n) is 5.19. The van der Waals surface area contributed by atoms with E-state index < -0.39 is 0 Å². The van der Waals surface area contributed by atoms with E-state index in [4.69, 9.17) is 0 Å². The van der Waals surface area contributed by atoms with Gasteiger partial charge in [0, 0.05) is 17.3 Å². The molecule has 1 aromatic heterocycles. The van der Waals surface area contributed by atoms with Crippen LogP contribution in [0.25, 0.3) is 28.5 Å². The second-order valence-corrected chi connectivity index (χ2v) is 7.78. The number of fused-ring (bicyclic) bond motifs is 1. The summed E-state index contributed by atoms with van der Waals surface area (Å²) >= 11 is 0. The molecule has 0 atom stereocenters. The second kappa shape index (κ2) is 8.37. The van der Waals surface area contributed by atoms with Gasteiger partial charge in [-0.3, -0.25) is 4.79 Å². The van der Waals surface area contributed by atoms with Crippen molar-refractivity contribution in [2.75, 3.05) is 5.32 Å². The number of H-pyrrole nitrogens is 1. The molecule has 0 spiro atoms. The lowest BCUT2D eigenvalue weighted by Gasteiger charge is -2.08. The molecule has 4 heteroatoms. The molecule has 4 rings (SSSR count). The van der Waals surface area contributed by atoms with Crippen molar-refractivity contribution >= 4 is 28.7 Å². The van der Waals surface area contributed by atoms with Crippen molar-refractivity contribution in [3.05, 3.63) is 89.5 Å². The third kappa shape index (κ3) is 4.33. The number of hydrogen-bond acceptors (Lipinski definition) is 2. The Balaban J connectivity index is 1.51. The molecule has 2 N–H and O–H groups in total. The number of anilines is 1. The monoisotopic (exact) mass is 395 g/mol. The van der Waals surface area contributed by atoms with E-state index in [1.165, 1.54) is 5.56 Å². The van der Waals surface area contributed by atoms with Gasteiger partial charge in [-0.15, -0.1) is 0 Å². The zero-order chi connectivity index (χ0) is 21.1. The lowest BCUT2D eigenvalue weighted by Crippen LogP contribution is -2.09. The first-order chi connectivity index (χ1) is 14.5. The fourth-order valence-electron chi connectivity index (χ4n) is 3.33. The number of aryl methyl sites for hydroxylation is 1. The molecule has 0 fully saturated rings. The number of hydrogen-bond donors (Lipinski definition) is 2. The zero-order valence-electron chi connectivity index (χ0n) is 17.4. The first-order valence-corrected chi connectivity index (χ1v) is 10.1. The van der Waals surface area contributed by atoms with Gasteiger partial charge in [-0.2, -0.15) is 0 Å². The smallest absolute Gasteiger partial charge is 0.248 e. The Kier molecular flexibility index (Phi) is 5.48. The molecule has 0 radical (unpaired) electrons. The standard InChI is InChI=1S/C26H25N3O/c1-17(2)20-13-9-19(10-14-20)11-15-25(30)27-24-16-21(12-8-18(24)3)26-28-22-6-4-5-7-23(22)29-26/h4-17H,1-3H3,(H,27,30)(H,28,29)/b15-11+. The number of para-hydroxylation sites is 2. The van der Waals surface area contributed by atoms with Gasteiger partial charge in [0.25, 0.3) is 0 Å². The minimum Gasteiger partial charge on any atom is -0.338 e. The van der Waals surface area contributed by atoms with Crippen LogP contribution in [0.5, 0.6) is 0 Å². The van der Waals surface area contributed by atoms with Crippen molar-refractivity contribution < 1.29 is 4.79 Å². The van der Waals surface area contributed by atoms with Crippen molar-refractivity contribution in [2.24, 2.45) is 0 Å². The SMILES string of the molecule is Cc1ccc(-c2nc3ccccc3[nH]2)cc1NC(=O)/C=C/c1ccc(C(C)C)cc1. The second-order valence-electron chi connectivity index (χ2n) is 7.78. The largest absolute Gasteiger partial charge is 0.338 e. The summed E-state index contributed by atoms with van der Waals surface area (Å²) in [6.07, 6.45) is 3.40. The first kappa shape index (κ1) is 19.6. The third-order valence-corrected chi connectivity index (χ3v) is 5.19. The molecule has 30 heavy (non-hydrogen) atoms. The Hall–Kier alpha value is -3.66. The molecule has 0 aliphatic rings. The van der Waals surface area contributed by atoms with Crippen LogP contribution in [0.2, 0.25) is 0 Å². The van der Waals surface area contributed by atoms with Crippen LogP contribution in [0.15, 0.2) is 72.8 Å². The van der Waals surface area contributed by atoms with Gasteiger partial charge in [0.1, 0.15) is 5.82 Å². The van der Waals surface area contributed by atoms with E-state index in [2.05, 4.69) is 41.3 Å². The average molecular weight is 396 g/mol. The lowest BCUT2D eigenvalue weighted by molar-refractivity contribution is -0.111. The number of nitrogens with one attached hydrogen (secondary N) is 2. The number of amides is 1. The summed E-state index contributed by atoms with van der Waals surface area (Å²) in [7, 11) is 0. The molecule has 0 saturated carbocycles. The Morgan fingerprint density at radius 2 is 1.80 bits per heavy atom. The Labute approximate surface area is 176 Å². The van der Waals surface area contributed by atoms with Crippen LogP contribution in [0, 0.1) is 6.92 Å². The molecule has 4 aromatic rings. The molecule has 3 aromatic carbocycles. The topological polar surface area (TPSA) is 57.8 Å². The van der Waals surface area contributed by atoms with Crippen LogP contribution in [0.3, 0.4) is 0 Å². The van der Waals surface area contributed by atoms with Crippen LogP contribution in [-0.4, -0.2) is 15.9 Å². The summed E-state index contributed by atoms with van der Waals surface area (Å²) in [6.45, 7) is 6.31. The number of rotatable bonds is 5. The molecule has 0 aliphatic carbocycles. The maximum Gasteiger partial charge on any atom is 0.248 e. The van der Waals surface area contributed by atoms with E-state index >= 15 is 0 Å². The summed E-state index contributed by atoms with van der Waals surface area (Å²) in [6, 6.07) is 22.2. The first-order valence-electron chi connectivity index (χ1n) is 10.1. The lowest BCUT2D eigenvalue weighted by atomic mass is 10.0. The Morgan fingerprint density at radius 1 is 1.03 bits per heavy atom. The Bertz CT molecular complexity index is 1180. The van der Waals surface area contributed by atoms with E-state index in [1.54, 1.807) is 6.08 Å². The minimum atomic E-state index is -0.159. The minimum absolute atomic E-state index is 0.159. The van der Waals surface area contributed by atoms with E-state index in [9.17, 15) is 4.79 Å². The molecule has 150 valence electrons.